The minimum atomic E-state index is -0.243. The molecule has 1 atom stereocenters. The first-order valence-corrected chi connectivity index (χ1v) is 6.21. The van der Waals surface area contributed by atoms with Gasteiger partial charge in [-0.25, -0.2) is 0 Å². The van der Waals surface area contributed by atoms with E-state index in [0.717, 1.165) is 12.0 Å². The Hall–Kier alpha value is -1.22. The standard InChI is InChI=1S/C13H18ClNO2/c1-9-3-4-12(16)11(7-9)13(17)15-8-10(2)5-6-14/h3-4,7,10,16H,5-6,8H2,1-2H3,(H,15,17). The molecule has 0 fully saturated rings. The molecule has 1 aromatic carbocycles. The van der Waals surface area contributed by atoms with Crippen molar-refractivity contribution in [2.24, 2.45) is 5.92 Å². The molecule has 0 aliphatic heterocycles. The van der Waals surface area contributed by atoms with Crippen molar-refractivity contribution in [1.82, 2.24) is 5.32 Å². The van der Waals surface area contributed by atoms with Gasteiger partial charge < -0.3 is 10.4 Å². The Kier molecular flexibility index (Phi) is 5.29. The maximum atomic E-state index is 11.8. The van der Waals surface area contributed by atoms with Crippen molar-refractivity contribution in [3.05, 3.63) is 29.3 Å². The average molecular weight is 256 g/mol. The van der Waals surface area contributed by atoms with Crippen LogP contribution in [0, 0.1) is 12.8 Å². The van der Waals surface area contributed by atoms with Gasteiger partial charge in [-0.1, -0.05) is 18.6 Å². The predicted molar refractivity (Wildman–Crippen MR) is 69.7 cm³/mol. The van der Waals surface area contributed by atoms with E-state index in [-0.39, 0.29) is 11.7 Å². The normalized spacial score (nSPS) is 12.2. The fraction of sp³-hybridized carbons (Fsp3) is 0.462. The second-order valence-corrected chi connectivity index (χ2v) is 4.69. The van der Waals surface area contributed by atoms with Crippen LogP contribution in [0.4, 0.5) is 0 Å². The molecular weight excluding hydrogens is 238 g/mol. The summed E-state index contributed by atoms with van der Waals surface area (Å²) in [4.78, 5) is 11.8. The molecule has 2 N–H and O–H groups in total. The Labute approximate surface area is 107 Å². The maximum Gasteiger partial charge on any atom is 0.255 e. The van der Waals surface area contributed by atoms with Crippen LogP contribution in [0.5, 0.6) is 5.75 Å². The lowest BCUT2D eigenvalue weighted by Crippen LogP contribution is -2.28. The number of nitrogens with one attached hydrogen (secondary N) is 1. The largest absolute Gasteiger partial charge is 0.507 e. The molecule has 0 aromatic heterocycles. The van der Waals surface area contributed by atoms with Gasteiger partial charge >= 0.3 is 0 Å². The van der Waals surface area contributed by atoms with Crippen molar-refractivity contribution in [2.75, 3.05) is 12.4 Å². The second kappa shape index (κ2) is 6.50. The molecule has 0 saturated heterocycles. The summed E-state index contributed by atoms with van der Waals surface area (Å²) in [6, 6.07) is 4.98. The highest BCUT2D eigenvalue weighted by molar-refractivity contribution is 6.17. The summed E-state index contributed by atoms with van der Waals surface area (Å²) in [5.74, 6) is 0.696. The summed E-state index contributed by atoms with van der Waals surface area (Å²) >= 11 is 5.62. The number of carbonyl (C=O) groups excluding carboxylic acids is 1. The summed E-state index contributed by atoms with van der Waals surface area (Å²) in [6.07, 6.45) is 0.863. The quantitative estimate of drug-likeness (QED) is 0.795. The zero-order valence-electron chi connectivity index (χ0n) is 10.2. The third-order valence-corrected chi connectivity index (χ3v) is 2.83. The number of aromatic hydroxyl groups is 1. The van der Waals surface area contributed by atoms with E-state index in [9.17, 15) is 9.90 Å². The van der Waals surface area contributed by atoms with Gasteiger partial charge in [0.2, 0.25) is 0 Å². The number of phenolic OH excluding ortho intramolecular Hbond substituents is 1. The number of carbonyl (C=O) groups is 1. The van der Waals surface area contributed by atoms with Crippen molar-refractivity contribution < 1.29 is 9.90 Å². The van der Waals surface area contributed by atoms with E-state index in [1.807, 2.05) is 13.8 Å². The number of aryl methyl sites for hydroxylation is 1. The van der Waals surface area contributed by atoms with E-state index in [0.29, 0.717) is 23.9 Å². The van der Waals surface area contributed by atoms with Gasteiger partial charge in [0.25, 0.3) is 5.91 Å². The van der Waals surface area contributed by atoms with E-state index in [1.54, 1.807) is 12.1 Å². The highest BCUT2D eigenvalue weighted by atomic mass is 35.5. The van der Waals surface area contributed by atoms with Gasteiger partial charge in [-0.15, -0.1) is 11.6 Å². The van der Waals surface area contributed by atoms with E-state index < -0.39 is 0 Å². The van der Waals surface area contributed by atoms with E-state index in [1.165, 1.54) is 6.07 Å². The lowest BCUT2D eigenvalue weighted by Gasteiger charge is -2.12. The van der Waals surface area contributed by atoms with Crippen LogP contribution >= 0.6 is 11.6 Å². The SMILES string of the molecule is Cc1ccc(O)c(C(=O)NCC(C)CCCl)c1. The number of benzene rings is 1. The summed E-state index contributed by atoms with van der Waals surface area (Å²) in [5, 5.41) is 12.4. The highest BCUT2D eigenvalue weighted by Crippen LogP contribution is 2.18. The van der Waals surface area contributed by atoms with E-state index >= 15 is 0 Å². The molecule has 0 spiro atoms. The first kappa shape index (κ1) is 13.8. The first-order valence-electron chi connectivity index (χ1n) is 5.68. The Bertz CT molecular complexity index is 393. The molecule has 0 radical (unpaired) electrons. The molecule has 0 aliphatic carbocycles. The lowest BCUT2D eigenvalue weighted by molar-refractivity contribution is 0.0945. The van der Waals surface area contributed by atoms with Crippen molar-refractivity contribution in [2.45, 2.75) is 20.3 Å². The number of rotatable bonds is 5. The van der Waals surface area contributed by atoms with Crippen LogP contribution in [-0.2, 0) is 0 Å². The number of alkyl halides is 1. The van der Waals surface area contributed by atoms with E-state index in [2.05, 4.69) is 5.32 Å². The zero-order chi connectivity index (χ0) is 12.8. The predicted octanol–water partition coefficient (Wildman–Crippen LogP) is 2.70. The van der Waals surface area contributed by atoms with Gasteiger partial charge in [0.05, 0.1) is 5.56 Å². The molecule has 17 heavy (non-hydrogen) atoms. The lowest BCUT2D eigenvalue weighted by atomic mass is 10.1. The number of phenols is 1. The van der Waals surface area contributed by atoms with Crippen LogP contribution in [-0.4, -0.2) is 23.4 Å². The van der Waals surface area contributed by atoms with Crippen molar-refractivity contribution in [1.29, 1.82) is 0 Å². The van der Waals surface area contributed by atoms with E-state index in [4.69, 9.17) is 11.6 Å². The summed E-state index contributed by atoms with van der Waals surface area (Å²) in [6.45, 7) is 4.48. The molecule has 0 aliphatic rings. The summed E-state index contributed by atoms with van der Waals surface area (Å²) in [5.41, 5.74) is 1.27. The maximum absolute atomic E-state index is 11.8. The fourth-order valence-electron chi connectivity index (χ4n) is 1.48. The molecule has 0 saturated carbocycles. The molecule has 1 unspecified atom stereocenters. The Morgan fingerprint density at radius 3 is 2.88 bits per heavy atom. The van der Waals surface area contributed by atoms with Crippen LogP contribution in [0.1, 0.15) is 29.3 Å². The fourth-order valence-corrected chi connectivity index (χ4v) is 1.85. The van der Waals surface area contributed by atoms with Crippen molar-refractivity contribution in [3.8, 4) is 5.75 Å². The molecule has 94 valence electrons. The highest BCUT2D eigenvalue weighted by Gasteiger charge is 2.11. The third-order valence-electron chi connectivity index (χ3n) is 2.61. The number of amides is 1. The molecule has 4 heteroatoms. The van der Waals surface area contributed by atoms with Gasteiger partial charge in [0.15, 0.2) is 0 Å². The summed E-state index contributed by atoms with van der Waals surface area (Å²) in [7, 11) is 0. The number of hydrogen-bond acceptors (Lipinski definition) is 2. The number of halogens is 1. The minimum Gasteiger partial charge on any atom is -0.507 e. The molecular formula is C13H18ClNO2. The average Bonchev–Trinajstić information content (AvgIpc) is 2.29. The Balaban J connectivity index is 2.61. The minimum absolute atomic E-state index is 0.0121. The van der Waals surface area contributed by atoms with Crippen LogP contribution in [0.15, 0.2) is 18.2 Å². The van der Waals surface area contributed by atoms with Gasteiger partial charge in [0, 0.05) is 12.4 Å². The van der Waals surface area contributed by atoms with Gasteiger partial charge in [-0.2, -0.15) is 0 Å². The molecule has 0 bridgehead atoms. The van der Waals surface area contributed by atoms with Crippen molar-refractivity contribution >= 4 is 17.5 Å². The third kappa shape index (κ3) is 4.27. The number of hydrogen-bond donors (Lipinski definition) is 2. The summed E-state index contributed by atoms with van der Waals surface area (Å²) < 4.78 is 0. The Morgan fingerprint density at radius 2 is 2.24 bits per heavy atom. The van der Waals surface area contributed by atoms with Crippen LogP contribution in [0.3, 0.4) is 0 Å². The van der Waals surface area contributed by atoms with Gasteiger partial charge in [-0.05, 0) is 31.4 Å². The van der Waals surface area contributed by atoms with Crippen LogP contribution in [0.2, 0.25) is 0 Å². The van der Waals surface area contributed by atoms with Crippen LogP contribution < -0.4 is 5.32 Å². The smallest absolute Gasteiger partial charge is 0.255 e. The van der Waals surface area contributed by atoms with Crippen LogP contribution in [0.25, 0.3) is 0 Å². The second-order valence-electron chi connectivity index (χ2n) is 4.31. The Morgan fingerprint density at radius 1 is 1.53 bits per heavy atom. The molecule has 0 heterocycles. The first-order chi connectivity index (χ1) is 8.04. The topological polar surface area (TPSA) is 49.3 Å². The molecule has 1 amide bonds. The molecule has 1 rings (SSSR count). The monoisotopic (exact) mass is 255 g/mol. The van der Waals surface area contributed by atoms with Gasteiger partial charge in [-0.3, -0.25) is 4.79 Å². The van der Waals surface area contributed by atoms with Crippen molar-refractivity contribution in [3.63, 3.8) is 0 Å². The molecule has 1 aromatic rings. The molecule has 3 nitrogen and oxygen atoms in total. The van der Waals surface area contributed by atoms with Gasteiger partial charge in [0.1, 0.15) is 5.75 Å². The zero-order valence-corrected chi connectivity index (χ0v) is 10.9.